The zero-order chi connectivity index (χ0) is 12.8. The standard InChI is InChI=1S/C14H21FN2/c1-5-9-17(4)14-8-7-12(15)10-13(14)11(3)16-6-2/h5,7-8,10-11,16H,1,6,9H2,2-4H3. The van der Waals surface area contributed by atoms with E-state index in [1.165, 1.54) is 6.07 Å². The Labute approximate surface area is 103 Å². The van der Waals surface area contributed by atoms with Gasteiger partial charge in [-0.05, 0) is 37.2 Å². The van der Waals surface area contributed by atoms with E-state index in [-0.39, 0.29) is 11.9 Å². The van der Waals surface area contributed by atoms with Gasteiger partial charge in [0.2, 0.25) is 0 Å². The molecule has 1 unspecified atom stereocenters. The second kappa shape index (κ2) is 6.40. The van der Waals surface area contributed by atoms with E-state index >= 15 is 0 Å². The minimum Gasteiger partial charge on any atom is -0.371 e. The van der Waals surface area contributed by atoms with Crippen molar-refractivity contribution in [1.29, 1.82) is 0 Å². The Balaban J connectivity index is 3.06. The van der Waals surface area contributed by atoms with E-state index in [1.54, 1.807) is 6.07 Å². The maximum absolute atomic E-state index is 13.3. The van der Waals surface area contributed by atoms with Crippen LogP contribution in [0, 0.1) is 5.82 Å². The van der Waals surface area contributed by atoms with Crippen LogP contribution in [0.2, 0.25) is 0 Å². The molecule has 1 aromatic rings. The molecule has 0 fully saturated rings. The molecule has 0 amide bonds. The van der Waals surface area contributed by atoms with Gasteiger partial charge in [0, 0.05) is 25.3 Å². The summed E-state index contributed by atoms with van der Waals surface area (Å²) < 4.78 is 13.3. The summed E-state index contributed by atoms with van der Waals surface area (Å²) in [6.07, 6.45) is 1.84. The quantitative estimate of drug-likeness (QED) is 0.763. The van der Waals surface area contributed by atoms with E-state index in [2.05, 4.69) is 16.8 Å². The van der Waals surface area contributed by atoms with Crippen LogP contribution < -0.4 is 10.2 Å². The first-order valence-corrected chi connectivity index (χ1v) is 5.95. The van der Waals surface area contributed by atoms with E-state index in [9.17, 15) is 4.39 Å². The van der Waals surface area contributed by atoms with E-state index in [4.69, 9.17) is 0 Å². The summed E-state index contributed by atoms with van der Waals surface area (Å²) in [5.41, 5.74) is 2.02. The molecule has 0 aromatic heterocycles. The fraction of sp³-hybridized carbons (Fsp3) is 0.429. The monoisotopic (exact) mass is 236 g/mol. The van der Waals surface area contributed by atoms with Crippen LogP contribution in [-0.4, -0.2) is 20.1 Å². The van der Waals surface area contributed by atoms with Crippen LogP contribution in [0.4, 0.5) is 10.1 Å². The molecule has 0 aliphatic rings. The Morgan fingerprint density at radius 3 is 2.82 bits per heavy atom. The maximum atomic E-state index is 13.3. The lowest BCUT2D eigenvalue weighted by Crippen LogP contribution is -2.23. The third kappa shape index (κ3) is 3.56. The van der Waals surface area contributed by atoms with Gasteiger partial charge >= 0.3 is 0 Å². The zero-order valence-corrected chi connectivity index (χ0v) is 10.8. The molecule has 2 nitrogen and oxygen atoms in total. The Morgan fingerprint density at radius 2 is 2.24 bits per heavy atom. The Morgan fingerprint density at radius 1 is 1.53 bits per heavy atom. The Bertz CT molecular complexity index is 376. The normalized spacial score (nSPS) is 12.2. The molecule has 94 valence electrons. The average Bonchev–Trinajstić information content (AvgIpc) is 2.29. The second-order valence-corrected chi connectivity index (χ2v) is 4.15. The van der Waals surface area contributed by atoms with Crippen LogP contribution in [0.1, 0.15) is 25.5 Å². The lowest BCUT2D eigenvalue weighted by molar-refractivity contribution is 0.582. The molecular formula is C14H21FN2. The van der Waals surface area contributed by atoms with Crippen LogP contribution >= 0.6 is 0 Å². The van der Waals surface area contributed by atoms with Gasteiger partial charge in [-0.25, -0.2) is 4.39 Å². The highest BCUT2D eigenvalue weighted by Gasteiger charge is 2.13. The molecule has 3 heteroatoms. The molecule has 1 atom stereocenters. The van der Waals surface area contributed by atoms with Gasteiger partial charge in [0.05, 0.1) is 0 Å². The first-order valence-electron chi connectivity index (χ1n) is 5.95. The molecule has 0 aliphatic carbocycles. The molecule has 0 spiro atoms. The van der Waals surface area contributed by atoms with Crippen molar-refractivity contribution in [1.82, 2.24) is 5.32 Å². The molecule has 1 N–H and O–H groups in total. The lowest BCUT2D eigenvalue weighted by atomic mass is 10.0. The average molecular weight is 236 g/mol. The third-order valence-electron chi connectivity index (χ3n) is 2.78. The summed E-state index contributed by atoms with van der Waals surface area (Å²) >= 11 is 0. The summed E-state index contributed by atoms with van der Waals surface area (Å²) in [6, 6.07) is 5.06. The van der Waals surface area contributed by atoms with Crippen molar-refractivity contribution in [3.05, 3.63) is 42.2 Å². The number of rotatable bonds is 6. The highest BCUT2D eigenvalue weighted by molar-refractivity contribution is 5.55. The topological polar surface area (TPSA) is 15.3 Å². The number of hydrogen-bond acceptors (Lipinski definition) is 2. The summed E-state index contributed by atoms with van der Waals surface area (Å²) in [4.78, 5) is 2.07. The molecule has 0 radical (unpaired) electrons. The predicted molar refractivity (Wildman–Crippen MR) is 72.0 cm³/mol. The van der Waals surface area contributed by atoms with Crippen LogP contribution in [0.25, 0.3) is 0 Å². The maximum Gasteiger partial charge on any atom is 0.123 e. The fourth-order valence-electron chi connectivity index (χ4n) is 1.93. The molecule has 1 rings (SSSR count). The molecule has 0 heterocycles. The number of nitrogens with zero attached hydrogens (tertiary/aromatic N) is 1. The van der Waals surface area contributed by atoms with Gasteiger partial charge in [0.25, 0.3) is 0 Å². The van der Waals surface area contributed by atoms with Crippen molar-refractivity contribution in [3.8, 4) is 0 Å². The van der Waals surface area contributed by atoms with E-state index in [0.717, 1.165) is 24.3 Å². The van der Waals surface area contributed by atoms with E-state index < -0.39 is 0 Å². The van der Waals surface area contributed by atoms with Crippen molar-refractivity contribution in [2.75, 3.05) is 25.0 Å². The van der Waals surface area contributed by atoms with Crippen LogP contribution in [0.15, 0.2) is 30.9 Å². The minimum absolute atomic E-state index is 0.137. The van der Waals surface area contributed by atoms with Gasteiger partial charge < -0.3 is 10.2 Å². The van der Waals surface area contributed by atoms with Crippen LogP contribution in [0.3, 0.4) is 0 Å². The van der Waals surface area contributed by atoms with Gasteiger partial charge in [-0.3, -0.25) is 0 Å². The van der Waals surface area contributed by atoms with Gasteiger partial charge in [-0.15, -0.1) is 6.58 Å². The Kier molecular flexibility index (Phi) is 5.16. The lowest BCUT2D eigenvalue weighted by Gasteiger charge is -2.24. The smallest absolute Gasteiger partial charge is 0.123 e. The van der Waals surface area contributed by atoms with Crippen molar-refractivity contribution >= 4 is 5.69 Å². The van der Waals surface area contributed by atoms with Crippen molar-refractivity contribution in [3.63, 3.8) is 0 Å². The molecular weight excluding hydrogens is 215 g/mol. The third-order valence-corrected chi connectivity index (χ3v) is 2.78. The summed E-state index contributed by atoms with van der Waals surface area (Å²) in [5, 5.41) is 3.31. The number of hydrogen-bond donors (Lipinski definition) is 1. The number of halogens is 1. The van der Waals surface area contributed by atoms with Gasteiger partial charge in [-0.1, -0.05) is 13.0 Å². The number of nitrogens with one attached hydrogen (secondary N) is 1. The molecule has 0 aliphatic heterocycles. The SMILES string of the molecule is C=CCN(C)c1ccc(F)cc1C(C)NCC. The van der Waals surface area contributed by atoms with E-state index in [0.29, 0.717) is 0 Å². The largest absolute Gasteiger partial charge is 0.371 e. The van der Waals surface area contributed by atoms with E-state index in [1.807, 2.05) is 33.0 Å². The highest BCUT2D eigenvalue weighted by Crippen LogP contribution is 2.26. The first kappa shape index (κ1) is 13.7. The molecule has 0 saturated heterocycles. The highest BCUT2D eigenvalue weighted by atomic mass is 19.1. The molecule has 0 bridgehead atoms. The first-order chi connectivity index (χ1) is 8.10. The van der Waals surface area contributed by atoms with Crippen molar-refractivity contribution in [2.45, 2.75) is 19.9 Å². The summed E-state index contributed by atoms with van der Waals surface area (Å²) in [5.74, 6) is -0.194. The molecule has 17 heavy (non-hydrogen) atoms. The Hall–Kier alpha value is -1.35. The van der Waals surface area contributed by atoms with Crippen LogP contribution in [0.5, 0.6) is 0 Å². The van der Waals surface area contributed by atoms with Crippen LogP contribution in [-0.2, 0) is 0 Å². The fourth-order valence-corrected chi connectivity index (χ4v) is 1.93. The number of benzene rings is 1. The summed E-state index contributed by atoms with van der Waals surface area (Å²) in [7, 11) is 1.98. The predicted octanol–water partition coefficient (Wildman–Crippen LogP) is 3.12. The van der Waals surface area contributed by atoms with Gasteiger partial charge in [-0.2, -0.15) is 0 Å². The second-order valence-electron chi connectivity index (χ2n) is 4.15. The molecule has 0 saturated carbocycles. The van der Waals surface area contributed by atoms with Gasteiger partial charge in [0.1, 0.15) is 5.82 Å². The molecule has 1 aromatic carbocycles. The summed E-state index contributed by atoms with van der Waals surface area (Å²) in [6.45, 7) is 9.42. The van der Waals surface area contributed by atoms with Crippen molar-refractivity contribution in [2.24, 2.45) is 0 Å². The number of likely N-dealkylation sites (N-methyl/N-ethyl adjacent to an activating group) is 1. The van der Waals surface area contributed by atoms with Crippen molar-refractivity contribution < 1.29 is 4.39 Å². The minimum atomic E-state index is -0.194. The zero-order valence-electron chi connectivity index (χ0n) is 10.8. The van der Waals surface area contributed by atoms with Gasteiger partial charge in [0.15, 0.2) is 0 Å². The number of anilines is 1.